The van der Waals surface area contributed by atoms with Gasteiger partial charge >= 0.3 is 0 Å². The molecule has 1 aliphatic carbocycles. The Bertz CT molecular complexity index is 594. The molecule has 1 saturated carbocycles. The zero-order valence-electron chi connectivity index (χ0n) is 13.3. The van der Waals surface area contributed by atoms with Gasteiger partial charge in [-0.2, -0.15) is 0 Å². The van der Waals surface area contributed by atoms with Gasteiger partial charge in [0, 0.05) is 13.0 Å². The summed E-state index contributed by atoms with van der Waals surface area (Å²) < 4.78 is 24.2. The zero-order chi connectivity index (χ0) is 16.7. The van der Waals surface area contributed by atoms with Crippen molar-refractivity contribution in [1.82, 2.24) is 5.32 Å². The second-order valence-corrected chi connectivity index (χ2v) is 8.26. The van der Waals surface area contributed by atoms with Gasteiger partial charge in [0.1, 0.15) is 0 Å². The molecule has 2 N–H and O–H groups in total. The molecule has 0 heterocycles. The SMILES string of the molecule is O=C(CCS(=O)(=O)c1ccccc1)NC[C@@H](O)C1CCCCC1. The van der Waals surface area contributed by atoms with Crippen LogP contribution in [0, 0.1) is 5.92 Å². The molecule has 2 rings (SSSR count). The maximum absolute atomic E-state index is 12.1. The highest BCUT2D eigenvalue weighted by atomic mass is 32.2. The fraction of sp³-hybridized carbons (Fsp3) is 0.588. The number of amides is 1. The van der Waals surface area contributed by atoms with Crippen LogP contribution >= 0.6 is 0 Å². The summed E-state index contributed by atoms with van der Waals surface area (Å²) in [5.74, 6) is -0.306. The molecule has 128 valence electrons. The minimum absolute atomic E-state index is 0.0887. The lowest BCUT2D eigenvalue weighted by Gasteiger charge is -2.26. The van der Waals surface area contributed by atoms with Crippen LogP contribution in [-0.4, -0.2) is 37.8 Å². The van der Waals surface area contributed by atoms with Crippen LogP contribution in [0.15, 0.2) is 35.2 Å². The lowest BCUT2D eigenvalue weighted by Crippen LogP contribution is -2.37. The van der Waals surface area contributed by atoms with Crippen molar-refractivity contribution >= 4 is 15.7 Å². The number of rotatable bonds is 7. The monoisotopic (exact) mass is 339 g/mol. The molecule has 1 atom stereocenters. The van der Waals surface area contributed by atoms with E-state index in [9.17, 15) is 18.3 Å². The Hall–Kier alpha value is -1.40. The Balaban J connectivity index is 1.74. The molecule has 0 radical (unpaired) electrons. The van der Waals surface area contributed by atoms with Crippen molar-refractivity contribution in [3.8, 4) is 0 Å². The van der Waals surface area contributed by atoms with Gasteiger partial charge in [0.05, 0.1) is 16.8 Å². The van der Waals surface area contributed by atoms with Crippen molar-refractivity contribution in [2.45, 2.75) is 49.5 Å². The number of carbonyl (C=O) groups is 1. The topological polar surface area (TPSA) is 83.5 Å². The zero-order valence-corrected chi connectivity index (χ0v) is 14.1. The molecule has 23 heavy (non-hydrogen) atoms. The van der Waals surface area contributed by atoms with Crippen LogP contribution in [0.4, 0.5) is 0 Å². The summed E-state index contributed by atoms with van der Waals surface area (Å²) >= 11 is 0. The molecule has 1 aromatic rings. The molecular weight excluding hydrogens is 314 g/mol. The second kappa shape index (κ2) is 8.45. The number of benzene rings is 1. The van der Waals surface area contributed by atoms with E-state index in [-0.39, 0.29) is 35.4 Å². The van der Waals surface area contributed by atoms with E-state index in [0.717, 1.165) is 25.7 Å². The van der Waals surface area contributed by atoms with Crippen LogP contribution in [0.5, 0.6) is 0 Å². The number of sulfone groups is 1. The maximum Gasteiger partial charge on any atom is 0.221 e. The molecule has 0 aromatic heterocycles. The Morgan fingerprint density at radius 2 is 1.83 bits per heavy atom. The van der Waals surface area contributed by atoms with Crippen molar-refractivity contribution in [2.24, 2.45) is 5.92 Å². The Morgan fingerprint density at radius 1 is 1.17 bits per heavy atom. The van der Waals surface area contributed by atoms with Crippen molar-refractivity contribution in [1.29, 1.82) is 0 Å². The summed E-state index contributed by atoms with van der Waals surface area (Å²) in [6, 6.07) is 8.12. The van der Waals surface area contributed by atoms with Gasteiger partial charge in [-0.05, 0) is 30.9 Å². The van der Waals surface area contributed by atoms with Gasteiger partial charge in [0.15, 0.2) is 9.84 Å². The van der Waals surface area contributed by atoms with E-state index in [1.54, 1.807) is 18.2 Å². The summed E-state index contributed by atoms with van der Waals surface area (Å²) in [5, 5.41) is 12.7. The third kappa shape index (κ3) is 5.62. The van der Waals surface area contributed by atoms with Gasteiger partial charge in [-0.25, -0.2) is 8.42 Å². The first-order valence-corrected chi connectivity index (χ1v) is 9.87. The molecule has 0 aliphatic heterocycles. The molecule has 0 unspecified atom stereocenters. The molecule has 6 heteroatoms. The summed E-state index contributed by atoms with van der Waals surface area (Å²) in [6.45, 7) is 0.203. The van der Waals surface area contributed by atoms with E-state index in [2.05, 4.69) is 5.32 Å². The highest BCUT2D eigenvalue weighted by Crippen LogP contribution is 2.26. The van der Waals surface area contributed by atoms with Crippen molar-refractivity contribution in [3.63, 3.8) is 0 Å². The average Bonchev–Trinajstić information content (AvgIpc) is 2.59. The minimum Gasteiger partial charge on any atom is -0.391 e. The Morgan fingerprint density at radius 3 is 2.48 bits per heavy atom. The molecular formula is C17H25NO4S. The molecule has 1 amide bonds. The highest BCUT2D eigenvalue weighted by Gasteiger charge is 2.22. The number of hydrogen-bond donors (Lipinski definition) is 2. The van der Waals surface area contributed by atoms with Crippen LogP contribution in [0.25, 0.3) is 0 Å². The fourth-order valence-electron chi connectivity index (χ4n) is 2.97. The van der Waals surface area contributed by atoms with E-state index in [0.29, 0.717) is 0 Å². The Kier molecular flexibility index (Phi) is 6.59. The molecule has 0 saturated heterocycles. The van der Waals surface area contributed by atoms with Gasteiger partial charge in [0.2, 0.25) is 5.91 Å². The maximum atomic E-state index is 12.1. The first kappa shape index (κ1) is 17.9. The summed E-state index contributed by atoms with van der Waals surface area (Å²) in [4.78, 5) is 12.1. The third-order valence-corrected chi connectivity index (χ3v) is 6.13. The van der Waals surface area contributed by atoms with Crippen LogP contribution in [0.2, 0.25) is 0 Å². The average molecular weight is 339 g/mol. The normalized spacial score (nSPS) is 17.6. The van der Waals surface area contributed by atoms with Crippen molar-refractivity contribution < 1.29 is 18.3 Å². The smallest absolute Gasteiger partial charge is 0.221 e. The van der Waals surface area contributed by atoms with Gasteiger partial charge in [-0.3, -0.25) is 4.79 Å². The fourth-order valence-corrected chi connectivity index (χ4v) is 4.23. The number of aliphatic hydroxyl groups is 1. The summed E-state index contributed by atoms with van der Waals surface area (Å²) in [6.07, 6.45) is 4.85. The predicted octanol–water partition coefficient (Wildman–Crippen LogP) is 1.91. The van der Waals surface area contributed by atoms with E-state index in [1.165, 1.54) is 18.6 Å². The summed E-state index contributed by atoms with van der Waals surface area (Å²) in [7, 11) is -3.44. The molecule has 5 nitrogen and oxygen atoms in total. The molecule has 0 spiro atoms. The first-order valence-electron chi connectivity index (χ1n) is 8.21. The lowest BCUT2D eigenvalue weighted by molar-refractivity contribution is -0.121. The van der Waals surface area contributed by atoms with Crippen LogP contribution < -0.4 is 5.32 Å². The largest absolute Gasteiger partial charge is 0.391 e. The number of hydrogen-bond acceptors (Lipinski definition) is 4. The van der Waals surface area contributed by atoms with Gasteiger partial charge in [-0.15, -0.1) is 0 Å². The second-order valence-electron chi connectivity index (χ2n) is 6.15. The molecule has 1 aromatic carbocycles. The van der Waals surface area contributed by atoms with Gasteiger partial charge in [0.25, 0.3) is 0 Å². The molecule has 1 fully saturated rings. The standard InChI is InChI=1S/C17H25NO4S/c19-16(14-7-3-1-4-8-14)13-18-17(20)11-12-23(21,22)15-9-5-2-6-10-15/h2,5-6,9-10,14,16,19H,1,3-4,7-8,11-13H2,(H,18,20)/t16-/m1/s1. The van der Waals surface area contributed by atoms with Gasteiger partial charge in [-0.1, -0.05) is 37.5 Å². The van der Waals surface area contributed by atoms with E-state index in [1.807, 2.05) is 0 Å². The van der Waals surface area contributed by atoms with Crippen LogP contribution in [0.1, 0.15) is 38.5 Å². The van der Waals surface area contributed by atoms with Crippen LogP contribution in [-0.2, 0) is 14.6 Å². The Labute approximate surface area is 138 Å². The lowest BCUT2D eigenvalue weighted by atomic mass is 9.85. The summed E-state index contributed by atoms with van der Waals surface area (Å²) in [5.41, 5.74) is 0. The van der Waals surface area contributed by atoms with Gasteiger partial charge < -0.3 is 10.4 Å². The first-order chi connectivity index (χ1) is 11.0. The quantitative estimate of drug-likeness (QED) is 0.795. The number of aliphatic hydroxyl groups excluding tert-OH is 1. The highest BCUT2D eigenvalue weighted by molar-refractivity contribution is 7.91. The van der Waals surface area contributed by atoms with E-state index < -0.39 is 15.9 Å². The van der Waals surface area contributed by atoms with E-state index >= 15 is 0 Å². The molecule has 0 bridgehead atoms. The number of carbonyl (C=O) groups excluding carboxylic acids is 1. The molecule has 1 aliphatic rings. The van der Waals surface area contributed by atoms with Crippen molar-refractivity contribution in [3.05, 3.63) is 30.3 Å². The van der Waals surface area contributed by atoms with Crippen molar-refractivity contribution in [2.75, 3.05) is 12.3 Å². The predicted molar refractivity (Wildman–Crippen MR) is 88.7 cm³/mol. The van der Waals surface area contributed by atoms with E-state index in [4.69, 9.17) is 0 Å². The van der Waals surface area contributed by atoms with Crippen LogP contribution in [0.3, 0.4) is 0 Å². The number of nitrogens with one attached hydrogen (secondary N) is 1. The minimum atomic E-state index is -3.44. The third-order valence-electron chi connectivity index (χ3n) is 4.40.